The number of nitrogens with zero attached hydrogens (tertiary/aromatic N) is 1. The molecule has 0 aliphatic heterocycles. The lowest BCUT2D eigenvalue weighted by Gasteiger charge is -2.14. The summed E-state index contributed by atoms with van der Waals surface area (Å²) in [5.74, 6) is -0.416. The van der Waals surface area contributed by atoms with E-state index in [1.807, 2.05) is 49.4 Å². The molecule has 5 nitrogen and oxygen atoms in total. The summed E-state index contributed by atoms with van der Waals surface area (Å²) < 4.78 is 7.77. The summed E-state index contributed by atoms with van der Waals surface area (Å²) in [6, 6.07) is 15.1. The fraction of sp³-hybridized carbons (Fsp3) is 0.263. The van der Waals surface area contributed by atoms with Crippen molar-refractivity contribution < 1.29 is 9.21 Å². The fourth-order valence-electron chi connectivity index (χ4n) is 2.77. The SMILES string of the molecule is CC(NC(=O)CCCn1c(=O)oc2ccccc21)c1ccc(Br)cc1. The minimum atomic E-state index is -0.384. The highest BCUT2D eigenvalue weighted by Gasteiger charge is 2.11. The molecule has 1 aromatic heterocycles. The predicted octanol–water partition coefficient (Wildman–Crippen LogP) is 4.01. The van der Waals surface area contributed by atoms with Crippen LogP contribution in [0, 0.1) is 0 Å². The number of carbonyl (C=O) groups excluding carboxylic acids is 1. The van der Waals surface area contributed by atoms with Crippen molar-refractivity contribution >= 4 is 32.9 Å². The van der Waals surface area contributed by atoms with Gasteiger partial charge in [0.15, 0.2) is 5.58 Å². The van der Waals surface area contributed by atoms with Crippen LogP contribution in [0.5, 0.6) is 0 Å². The van der Waals surface area contributed by atoms with E-state index in [4.69, 9.17) is 4.42 Å². The Morgan fingerprint density at radius 1 is 1.20 bits per heavy atom. The summed E-state index contributed by atoms with van der Waals surface area (Å²) in [4.78, 5) is 24.0. The molecule has 0 aliphatic carbocycles. The van der Waals surface area contributed by atoms with E-state index in [1.54, 1.807) is 10.6 Å². The van der Waals surface area contributed by atoms with Gasteiger partial charge >= 0.3 is 5.76 Å². The van der Waals surface area contributed by atoms with Gasteiger partial charge in [-0.3, -0.25) is 9.36 Å². The average molecular weight is 403 g/mol. The van der Waals surface area contributed by atoms with Crippen molar-refractivity contribution in [1.82, 2.24) is 9.88 Å². The molecule has 2 aromatic carbocycles. The Kier molecular flexibility index (Phi) is 5.38. The molecule has 1 heterocycles. The highest BCUT2D eigenvalue weighted by atomic mass is 79.9. The third-order valence-corrected chi connectivity index (χ3v) is 4.64. The van der Waals surface area contributed by atoms with Crippen molar-refractivity contribution in [3.63, 3.8) is 0 Å². The van der Waals surface area contributed by atoms with Crippen molar-refractivity contribution in [1.29, 1.82) is 0 Å². The van der Waals surface area contributed by atoms with Crippen molar-refractivity contribution in [2.24, 2.45) is 0 Å². The molecule has 0 saturated carbocycles. The molecule has 0 radical (unpaired) electrons. The first-order valence-electron chi connectivity index (χ1n) is 8.18. The van der Waals surface area contributed by atoms with Gasteiger partial charge in [-0.05, 0) is 43.2 Å². The van der Waals surface area contributed by atoms with Crippen molar-refractivity contribution in [3.05, 3.63) is 69.1 Å². The summed E-state index contributed by atoms with van der Waals surface area (Å²) in [5.41, 5.74) is 2.38. The lowest BCUT2D eigenvalue weighted by atomic mass is 10.1. The van der Waals surface area contributed by atoms with E-state index in [2.05, 4.69) is 21.2 Å². The van der Waals surface area contributed by atoms with Gasteiger partial charge in [-0.15, -0.1) is 0 Å². The van der Waals surface area contributed by atoms with Crippen LogP contribution in [-0.4, -0.2) is 10.5 Å². The number of fused-ring (bicyclic) bond motifs is 1. The standard InChI is InChI=1S/C19H19BrN2O3/c1-13(14-8-10-15(20)11-9-14)21-18(23)7-4-12-22-16-5-2-3-6-17(16)25-19(22)24/h2-3,5-6,8-11,13H,4,7,12H2,1H3,(H,21,23). The van der Waals surface area contributed by atoms with Gasteiger partial charge in [0.05, 0.1) is 11.6 Å². The Morgan fingerprint density at radius 2 is 1.92 bits per heavy atom. The molecule has 130 valence electrons. The molecule has 0 fully saturated rings. The minimum absolute atomic E-state index is 0.0312. The summed E-state index contributed by atoms with van der Waals surface area (Å²) in [7, 11) is 0. The summed E-state index contributed by atoms with van der Waals surface area (Å²) in [6.45, 7) is 2.41. The monoisotopic (exact) mass is 402 g/mol. The molecular weight excluding hydrogens is 384 g/mol. The molecule has 0 spiro atoms. The number of hydrogen-bond acceptors (Lipinski definition) is 3. The number of nitrogens with one attached hydrogen (secondary N) is 1. The minimum Gasteiger partial charge on any atom is -0.408 e. The maximum atomic E-state index is 12.1. The fourth-order valence-corrected chi connectivity index (χ4v) is 3.04. The molecule has 3 rings (SSSR count). The highest BCUT2D eigenvalue weighted by Crippen LogP contribution is 2.17. The van der Waals surface area contributed by atoms with Gasteiger partial charge in [-0.1, -0.05) is 40.2 Å². The molecule has 0 aliphatic rings. The number of amides is 1. The Morgan fingerprint density at radius 3 is 2.68 bits per heavy atom. The van der Waals surface area contributed by atoms with Crippen LogP contribution in [0.25, 0.3) is 11.1 Å². The average Bonchev–Trinajstić information content (AvgIpc) is 2.91. The van der Waals surface area contributed by atoms with Crippen molar-refractivity contribution in [2.45, 2.75) is 32.4 Å². The maximum Gasteiger partial charge on any atom is 0.419 e. The van der Waals surface area contributed by atoms with E-state index < -0.39 is 0 Å². The van der Waals surface area contributed by atoms with Gasteiger partial charge in [-0.2, -0.15) is 0 Å². The largest absolute Gasteiger partial charge is 0.419 e. The molecule has 1 atom stereocenters. The number of benzene rings is 2. The number of hydrogen-bond donors (Lipinski definition) is 1. The van der Waals surface area contributed by atoms with E-state index in [0.717, 1.165) is 15.6 Å². The van der Waals surface area contributed by atoms with Crippen LogP contribution in [0.1, 0.15) is 31.4 Å². The number of aromatic nitrogens is 1. The van der Waals surface area contributed by atoms with E-state index in [1.165, 1.54) is 0 Å². The van der Waals surface area contributed by atoms with Crippen LogP contribution in [-0.2, 0) is 11.3 Å². The number of aryl methyl sites for hydroxylation is 1. The van der Waals surface area contributed by atoms with Crippen molar-refractivity contribution in [3.8, 4) is 0 Å². The van der Waals surface area contributed by atoms with Gasteiger partial charge in [0.25, 0.3) is 0 Å². The zero-order chi connectivity index (χ0) is 17.8. The third kappa shape index (κ3) is 4.20. The number of halogens is 1. The van der Waals surface area contributed by atoms with E-state index in [9.17, 15) is 9.59 Å². The van der Waals surface area contributed by atoms with Gasteiger partial charge in [0.2, 0.25) is 5.91 Å². The number of oxazole rings is 1. The van der Waals surface area contributed by atoms with Gasteiger partial charge in [-0.25, -0.2) is 4.79 Å². The van der Waals surface area contributed by atoms with Gasteiger partial charge < -0.3 is 9.73 Å². The van der Waals surface area contributed by atoms with E-state index in [-0.39, 0.29) is 17.7 Å². The van der Waals surface area contributed by atoms with Crippen LogP contribution in [0.15, 0.2) is 62.2 Å². The van der Waals surface area contributed by atoms with Crippen LogP contribution in [0.3, 0.4) is 0 Å². The maximum absolute atomic E-state index is 12.1. The highest BCUT2D eigenvalue weighted by molar-refractivity contribution is 9.10. The van der Waals surface area contributed by atoms with Crippen LogP contribution >= 0.6 is 15.9 Å². The number of carbonyl (C=O) groups is 1. The smallest absolute Gasteiger partial charge is 0.408 e. The first-order chi connectivity index (χ1) is 12.0. The summed E-state index contributed by atoms with van der Waals surface area (Å²) >= 11 is 3.40. The quantitative estimate of drug-likeness (QED) is 0.677. The molecule has 0 saturated heterocycles. The van der Waals surface area contributed by atoms with Gasteiger partial charge in [0.1, 0.15) is 0 Å². The summed E-state index contributed by atoms with van der Waals surface area (Å²) in [6.07, 6.45) is 0.926. The summed E-state index contributed by atoms with van der Waals surface area (Å²) in [5, 5.41) is 2.98. The lowest BCUT2D eigenvalue weighted by Crippen LogP contribution is -2.27. The zero-order valence-electron chi connectivity index (χ0n) is 13.9. The normalized spacial score (nSPS) is 12.2. The number of para-hydroxylation sites is 2. The molecule has 1 amide bonds. The topological polar surface area (TPSA) is 64.2 Å². The lowest BCUT2D eigenvalue weighted by molar-refractivity contribution is -0.121. The Bertz CT molecular complexity index is 928. The van der Waals surface area contributed by atoms with E-state index in [0.29, 0.717) is 25.0 Å². The van der Waals surface area contributed by atoms with Crippen LogP contribution < -0.4 is 11.1 Å². The molecule has 25 heavy (non-hydrogen) atoms. The third-order valence-electron chi connectivity index (χ3n) is 4.11. The zero-order valence-corrected chi connectivity index (χ0v) is 15.5. The molecular formula is C19H19BrN2O3. The first-order valence-corrected chi connectivity index (χ1v) is 8.97. The Labute approximate surface area is 153 Å². The van der Waals surface area contributed by atoms with Gasteiger partial charge in [0, 0.05) is 17.4 Å². The number of rotatable bonds is 6. The Hall–Kier alpha value is -2.34. The Balaban J connectivity index is 1.54. The van der Waals surface area contributed by atoms with Crippen molar-refractivity contribution in [2.75, 3.05) is 0 Å². The first kappa shape index (κ1) is 17.5. The second-order valence-electron chi connectivity index (χ2n) is 5.93. The van der Waals surface area contributed by atoms with E-state index >= 15 is 0 Å². The molecule has 0 bridgehead atoms. The predicted molar refractivity (Wildman–Crippen MR) is 100 cm³/mol. The second kappa shape index (κ2) is 7.70. The molecule has 3 aromatic rings. The molecule has 1 N–H and O–H groups in total. The van der Waals surface area contributed by atoms with Crippen LogP contribution in [0.4, 0.5) is 0 Å². The van der Waals surface area contributed by atoms with Crippen LogP contribution in [0.2, 0.25) is 0 Å². The molecule has 6 heteroatoms. The second-order valence-corrected chi connectivity index (χ2v) is 6.85. The molecule has 1 unspecified atom stereocenters.